The number of carbonyl (C=O) groups is 1. The third-order valence-corrected chi connectivity index (χ3v) is 4.10. The SMILES string of the molecule is COc1ccc(Cl)cc1CC(=O)N[C@@H](C)c1ccc(Br)cc1. The van der Waals surface area contributed by atoms with Crippen LogP contribution in [0.5, 0.6) is 5.75 Å². The summed E-state index contributed by atoms with van der Waals surface area (Å²) in [6.07, 6.45) is 0.227. The van der Waals surface area contributed by atoms with Crippen LogP contribution in [0.1, 0.15) is 24.1 Å². The Morgan fingerprint density at radius 2 is 1.95 bits per heavy atom. The van der Waals surface area contributed by atoms with Gasteiger partial charge in [0.05, 0.1) is 19.6 Å². The average molecular weight is 383 g/mol. The Morgan fingerprint density at radius 3 is 2.59 bits per heavy atom. The van der Waals surface area contributed by atoms with E-state index in [2.05, 4.69) is 21.2 Å². The van der Waals surface area contributed by atoms with Crippen molar-refractivity contribution in [2.45, 2.75) is 19.4 Å². The molecule has 22 heavy (non-hydrogen) atoms. The van der Waals surface area contributed by atoms with Crippen molar-refractivity contribution in [2.75, 3.05) is 7.11 Å². The van der Waals surface area contributed by atoms with Gasteiger partial charge in [0.15, 0.2) is 0 Å². The quantitative estimate of drug-likeness (QED) is 0.825. The van der Waals surface area contributed by atoms with Gasteiger partial charge in [0, 0.05) is 15.1 Å². The van der Waals surface area contributed by atoms with Crippen molar-refractivity contribution in [3.05, 3.63) is 63.1 Å². The van der Waals surface area contributed by atoms with Gasteiger partial charge in [0.2, 0.25) is 5.91 Å². The molecule has 0 aliphatic carbocycles. The van der Waals surface area contributed by atoms with E-state index in [9.17, 15) is 4.79 Å². The molecular formula is C17H17BrClNO2. The van der Waals surface area contributed by atoms with Crippen LogP contribution in [-0.2, 0) is 11.2 Å². The minimum absolute atomic E-state index is 0.0641. The number of hydrogen-bond donors (Lipinski definition) is 1. The summed E-state index contributed by atoms with van der Waals surface area (Å²) in [6.45, 7) is 1.95. The molecule has 2 rings (SSSR count). The Kier molecular flexibility index (Phi) is 5.86. The summed E-state index contributed by atoms with van der Waals surface area (Å²) >= 11 is 9.38. The highest BCUT2D eigenvalue weighted by atomic mass is 79.9. The highest BCUT2D eigenvalue weighted by Crippen LogP contribution is 2.23. The lowest BCUT2D eigenvalue weighted by Crippen LogP contribution is -2.28. The van der Waals surface area contributed by atoms with Gasteiger partial charge in [-0.25, -0.2) is 0 Å². The predicted molar refractivity (Wildman–Crippen MR) is 92.4 cm³/mol. The van der Waals surface area contributed by atoms with Crippen molar-refractivity contribution in [2.24, 2.45) is 0 Å². The van der Waals surface area contributed by atoms with Gasteiger partial charge in [0.25, 0.3) is 0 Å². The van der Waals surface area contributed by atoms with E-state index >= 15 is 0 Å². The molecule has 0 fully saturated rings. The smallest absolute Gasteiger partial charge is 0.225 e. The number of carbonyl (C=O) groups excluding carboxylic acids is 1. The van der Waals surface area contributed by atoms with Gasteiger partial charge < -0.3 is 10.1 Å². The van der Waals surface area contributed by atoms with Crippen molar-refractivity contribution >= 4 is 33.4 Å². The van der Waals surface area contributed by atoms with Crippen LogP contribution < -0.4 is 10.1 Å². The maximum absolute atomic E-state index is 12.2. The first-order valence-electron chi connectivity index (χ1n) is 6.87. The van der Waals surface area contributed by atoms with Crippen molar-refractivity contribution in [1.82, 2.24) is 5.32 Å². The molecule has 0 aromatic heterocycles. The topological polar surface area (TPSA) is 38.3 Å². The first-order valence-corrected chi connectivity index (χ1v) is 8.04. The van der Waals surface area contributed by atoms with Crippen LogP contribution in [0.15, 0.2) is 46.9 Å². The molecule has 0 saturated carbocycles. The Morgan fingerprint density at radius 1 is 1.27 bits per heavy atom. The Hall–Kier alpha value is -1.52. The van der Waals surface area contributed by atoms with Crippen LogP contribution in [0, 0.1) is 0 Å². The van der Waals surface area contributed by atoms with E-state index in [1.54, 1.807) is 25.3 Å². The zero-order chi connectivity index (χ0) is 16.1. The number of rotatable bonds is 5. The molecule has 2 aromatic rings. The summed E-state index contributed by atoms with van der Waals surface area (Å²) < 4.78 is 6.27. The second kappa shape index (κ2) is 7.65. The van der Waals surface area contributed by atoms with E-state index in [4.69, 9.17) is 16.3 Å². The molecule has 1 amide bonds. The van der Waals surface area contributed by atoms with Gasteiger partial charge in [-0.15, -0.1) is 0 Å². The molecule has 0 aliphatic rings. The maximum atomic E-state index is 12.2. The summed E-state index contributed by atoms with van der Waals surface area (Å²) in [4.78, 5) is 12.2. The van der Waals surface area contributed by atoms with Crippen molar-refractivity contribution in [1.29, 1.82) is 0 Å². The van der Waals surface area contributed by atoms with E-state index in [-0.39, 0.29) is 18.4 Å². The molecular weight excluding hydrogens is 366 g/mol. The van der Waals surface area contributed by atoms with Gasteiger partial charge in [-0.2, -0.15) is 0 Å². The van der Waals surface area contributed by atoms with E-state index in [1.165, 1.54) is 0 Å². The molecule has 0 radical (unpaired) electrons. The Bertz CT molecular complexity index is 658. The fourth-order valence-corrected chi connectivity index (χ4v) is 2.64. The highest BCUT2D eigenvalue weighted by molar-refractivity contribution is 9.10. The largest absolute Gasteiger partial charge is 0.496 e. The minimum Gasteiger partial charge on any atom is -0.496 e. The van der Waals surface area contributed by atoms with Gasteiger partial charge in [-0.3, -0.25) is 4.79 Å². The lowest BCUT2D eigenvalue weighted by molar-refractivity contribution is -0.121. The molecule has 0 heterocycles. The lowest BCUT2D eigenvalue weighted by atomic mass is 10.1. The number of methoxy groups -OCH3 is 1. The Balaban J connectivity index is 2.03. The summed E-state index contributed by atoms with van der Waals surface area (Å²) in [6, 6.07) is 13.1. The molecule has 1 N–H and O–H groups in total. The number of amides is 1. The fourth-order valence-electron chi connectivity index (χ4n) is 2.19. The van der Waals surface area contributed by atoms with Crippen molar-refractivity contribution < 1.29 is 9.53 Å². The van der Waals surface area contributed by atoms with Crippen molar-refractivity contribution in [3.8, 4) is 5.75 Å². The first-order chi connectivity index (χ1) is 10.5. The van der Waals surface area contributed by atoms with Crippen LogP contribution >= 0.6 is 27.5 Å². The highest BCUT2D eigenvalue weighted by Gasteiger charge is 2.13. The van der Waals surface area contributed by atoms with Crippen LogP contribution in [0.3, 0.4) is 0 Å². The van der Waals surface area contributed by atoms with Crippen LogP contribution in [0.2, 0.25) is 5.02 Å². The van der Waals surface area contributed by atoms with E-state index in [1.807, 2.05) is 31.2 Å². The van der Waals surface area contributed by atoms with Crippen LogP contribution in [0.4, 0.5) is 0 Å². The summed E-state index contributed by atoms with van der Waals surface area (Å²) in [7, 11) is 1.58. The minimum atomic E-state index is -0.0732. The Labute approximate surface area is 143 Å². The van der Waals surface area contributed by atoms with Crippen molar-refractivity contribution in [3.63, 3.8) is 0 Å². The summed E-state index contributed by atoms with van der Waals surface area (Å²) in [5.74, 6) is 0.590. The van der Waals surface area contributed by atoms with E-state index in [0.717, 1.165) is 15.6 Å². The number of nitrogens with one attached hydrogen (secondary N) is 1. The molecule has 0 unspecified atom stereocenters. The van der Waals surface area contributed by atoms with Gasteiger partial charge in [0.1, 0.15) is 5.75 Å². The predicted octanol–water partition coefficient (Wildman–Crippen LogP) is 4.53. The maximum Gasteiger partial charge on any atom is 0.225 e. The second-order valence-corrected chi connectivity index (χ2v) is 6.33. The first kappa shape index (κ1) is 16.8. The van der Waals surface area contributed by atoms with E-state index < -0.39 is 0 Å². The third kappa shape index (κ3) is 4.49. The molecule has 0 spiro atoms. The second-order valence-electron chi connectivity index (χ2n) is 4.97. The fraction of sp³-hybridized carbons (Fsp3) is 0.235. The number of halogens is 2. The number of ether oxygens (including phenoxy) is 1. The molecule has 2 aromatic carbocycles. The molecule has 0 bridgehead atoms. The third-order valence-electron chi connectivity index (χ3n) is 3.34. The average Bonchev–Trinajstić information content (AvgIpc) is 2.48. The zero-order valence-electron chi connectivity index (χ0n) is 12.4. The molecule has 5 heteroatoms. The van der Waals surface area contributed by atoms with Crippen LogP contribution in [0.25, 0.3) is 0 Å². The summed E-state index contributed by atoms with van der Waals surface area (Å²) in [5.41, 5.74) is 1.82. The molecule has 0 saturated heterocycles. The van der Waals surface area contributed by atoms with Gasteiger partial charge in [-0.05, 0) is 42.8 Å². The lowest BCUT2D eigenvalue weighted by Gasteiger charge is -2.15. The monoisotopic (exact) mass is 381 g/mol. The van der Waals surface area contributed by atoms with Gasteiger partial charge >= 0.3 is 0 Å². The molecule has 116 valence electrons. The zero-order valence-corrected chi connectivity index (χ0v) is 14.7. The van der Waals surface area contributed by atoms with E-state index in [0.29, 0.717) is 10.8 Å². The molecule has 0 aliphatic heterocycles. The number of benzene rings is 2. The molecule has 1 atom stereocenters. The normalized spacial score (nSPS) is 11.8. The number of hydrogen-bond acceptors (Lipinski definition) is 2. The summed E-state index contributed by atoms with van der Waals surface area (Å²) in [5, 5.41) is 3.57. The van der Waals surface area contributed by atoms with Gasteiger partial charge in [-0.1, -0.05) is 39.7 Å². The standard InChI is InChI=1S/C17H17BrClNO2/c1-11(12-3-5-14(18)6-4-12)20-17(21)10-13-9-15(19)7-8-16(13)22-2/h3-9,11H,10H2,1-2H3,(H,20,21)/t11-/m0/s1. The molecule has 3 nitrogen and oxygen atoms in total. The van der Waals surface area contributed by atoms with Crippen LogP contribution in [-0.4, -0.2) is 13.0 Å².